The van der Waals surface area contributed by atoms with Crippen molar-refractivity contribution in [2.75, 3.05) is 20.3 Å². The van der Waals surface area contributed by atoms with E-state index >= 15 is 0 Å². The largest absolute Gasteiger partial charge is 0.497 e. The van der Waals surface area contributed by atoms with Crippen molar-refractivity contribution in [3.05, 3.63) is 99.4 Å². The number of rotatable bonds is 9. The van der Waals surface area contributed by atoms with Crippen molar-refractivity contribution >= 4 is 16.9 Å². The van der Waals surface area contributed by atoms with Gasteiger partial charge in [0.05, 0.1) is 37.3 Å². The molecule has 0 saturated carbocycles. The number of amides is 1. The van der Waals surface area contributed by atoms with Crippen molar-refractivity contribution in [3.8, 4) is 17.2 Å². The highest BCUT2D eigenvalue weighted by molar-refractivity contribution is 5.99. The Kier molecular flexibility index (Phi) is 6.86. The Hall–Kier alpha value is -4.26. The summed E-state index contributed by atoms with van der Waals surface area (Å²) in [4.78, 5) is 29.1. The van der Waals surface area contributed by atoms with E-state index in [-0.39, 0.29) is 23.6 Å². The van der Waals surface area contributed by atoms with Crippen LogP contribution in [0.25, 0.3) is 11.0 Å². The monoisotopic (exact) mass is 499 g/mol. The van der Waals surface area contributed by atoms with Gasteiger partial charge in [0.15, 0.2) is 16.9 Å². The molecule has 1 unspecified atom stereocenters. The summed E-state index contributed by atoms with van der Waals surface area (Å²) in [5.74, 6) is 1.67. The molecule has 5 rings (SSSR count). The maximum Gasteiger partial charge on any atom is 0.291 e. The smallest absolute Gasteiger partial charge is 0.291 e. The van der Waals surface area contributed by atoms with Crippen LogP contribution in [-0.2, 0) is 6.54 Å². The molecule has 0 bridgehead atoms. The van der Waals surface area contributed by atoms with Crippen LogP contribution in [0.1, 0.15) is 53.6 Å². The average molecular weight is 500 g/mol. The number of hydrogen-bond donors (Lipinski definition) is 0. The lowest BCUT2D eigenvalue weighted by atomic mass is 9.97. The van der Waals surface area contributed by atoms with Gasteiger partial charge in [-0.05, 0) is 60.9 Å². The van der Waals surface area contributed by atoms with Gasteiger partial charge in [-0.2, -0.15) is 0 Å². The molecule has 0 spiro atoms. The second-order valence-electron chi connectivity index (χ2n) is 8.84. The Labute approximate surface area is 215 Å². The van der Waals surface area contributed by atoms with Gasteiger partial charge in [-0.3, -0.25) is 9.59 Å². The molecule has 1 aromatic heterocycles. The lowest BCUT2D eigenvalue weighted by molar-refractivity contribution is 0.0714. The Morgan fingerprint density at radius 1 is 0.919 bits per heavy atom. The molecule has 7 nitrogen and oxygen atoms in total. The minimum Gasteiger partial charge on any atom is -0.497 e. The third kappa shape index (κ3) is 4.53. The molecule has 0 radical (unpaired) electrons. The Morgan fingerprint density at radius 3 is 2.43 bits per heavy atom. The minimum absolute atomic E-state index is 0.0754. The van der Waals surface area contributed by atoms with Crippen LogP contribution in [0.2, 0.25) is 0 Å². The maximum absolute atomic E-state index is 13.7. The summed E-state index contributed by atoms with van der Waals surface area (Å²) >= 11 is 0. The maximum atomic E-state index is 13.7. The highest BCUT2D eigenvalue weighted by atomic mass is 16.5. The van der Waals surface area contributed by atoms with Crippen LogP contribution >= 0.6 is 0 Å². The van der Waals surface area contributed by atoms with E-state index in [0.29, 0.717) is 41.2 Å². The van der Waals surface area contributed by atoms with E-state index in [2.05, 4.69) is 0 Å². The number of methoxy groups -OCH3 is 1. The van der Waals surface area contributed by atoms with Gasteiger partial charge in [-0.25, -0.2) is 0 Å². The predicted molar refractivity (Wildman–Crippen MR) is 141 cm³/mol. The summed E-state index contributed by atoms with van der Waals surface area (Å²) in [6, 6.07) is 19.5. The first kappa shape index (κ1) is 24.4. The lowest BCUT2D eigenvalue weighted by Gasteiger charge is -2.26. The Balaban J connectivity index is 1.66. The fourth-order valence-electron chi connectivity index (χ4n) is 4.70. The first-order valence-corrected chi connectivity index (χ1v) is 12.4. The molecule has 1 aliphatic heterocycles. The number of para-hydroxylation sites is 1. The number of carbonyl (C=O) groups excluding carboxylic acids is 1. The van der Waals surface area contributed by atoms with E-state index in [0.717, 1.165) is 23.3 Å². The molecule has 0 N–H and O–H groups in total. The summed E-state index contributed by atoms with van der Waals surface area (Å²) in [6.07, 6.45) is 0.863. The number of nitrogens with zero attached hydrogens (tertiary/aromatic N) is 1. The molecule has 1 aliphatic rings. The summed E-state index contributed by atoms with van der Waals surface area (Å²) in [5.41, 5.74) is 2.16. The van der Waals surface area contributed by atoms with Gasteiger partial charge in [-0.15, -0.1) is 0 Å². The first-order chi connectivity index (χ1) is 18.0. The quantitative estimate of drug-likeness (QED) is 0.293. The van der Waals surface area contributed by atoms with Crippen LogP contribution in [0.5, 0.6) is 17.2 Å². The number of ether oxygens (including phenoxy) is 3. The van der Waals surface area contributed by atoms with Crippen molar-refractivity contribution in [1.29, 1.82) is 0 Å². The molecule has 0 saturated heterocycles. The number of fused-ring (bicyclic) bond motifs is 2. The highest BCUT2D eigenvalue weighted by Crippen LogP contribution is 2.42. The van der Waals surface area contributed by atoms with E-state index < -0.39 is 6.04 Å². The summed E-state index contributed by atoms with van der Waals surface area (Å²) < 4.78 is 23.1. The second kappa shape index (κ2) is 10.4. The molecule has 2 heterocycles. The highest BCUT2D eigenvalue weighted by Gasteiger charge is 2.43. The third-order valence-corrected chi connectivity index (χ3v) is 6.43. The number of benzene rings is 3. The summed E-state index contributed by atoms with van der Waals surface area (Å²) in [6.45, 7) is 5.24. The molecule has 3 aromatic carbocycles. The molecule has 7 heteroatoms. The zero-order chi connectivity index (χ0) is 25.9. The molecule has 0 aliphatic carbocycles. The summed E-state index contributed by atoms with van der Waals surface area (Å²) in [7, 11) is 1.61. The van der Waals surface area contributed by atoms with Crippen LogP contribution < -0.4 is 19.6 Å². The molecule has 1 atom stereocenters. The van der Waals surface area contributed by atoms with Crippen LogP contribution in [0, 0.1) is 0 Å². The van der Waals surface area contributed by atoms with Gasteiger partial charge in [0.2, 0.25) is 5.76 Å². The van der Waals surface area contributed by atoms with Crippen LogP contribution in [-0.4, -0.2) is 31.1 Å². The van der Waals surface area contributed by atoms with E-state index in [9.17, 15) is 9.59 Å². The molecule has 4 aromatic rings. The zero-order valence-corrected chi connectivity index (χ0v) is 21.2. The van der Waals surface area contributed by atoms with Crippen molar-refractivity contribution in [1.82, 2.24) is 4.90 Å². The fourth-order valence-corrected chi connectivity index (χ4v) is 4.70. The molecular formula is C30H29NO6. The van der Waals surface area contributed by atoms with Gasteiger partial charge in [0, 0.05) is 6.54 Å². The zero-order valence-electron chi connectivity index (χ0n) is 21.2. The van der Waals surface area contributed by atoms with Crippen molar-refractivity contribution < 1.29 is 23.4 Å². The fraction of sp³-hybridized carbons (Fsp3) is 0.267. The minimum atomic E-state index is -0.648. The Bertz CT molecular complexity index is 1490. The number of hydrogen-bond acceptors (Lipinski definition) is 6. The van der Waals surface area contributed by atoms with E-state index in [1.54, 1.807) is 36.3 Å². The van der Waals surface area contributed by atoms with E-state index in [4.69, 9.17) is 18.6 Å². The molecular weight excluding hydrogens is 470 g/mol. The summed E-state index contributed by atoms with van der Waals surface area (Å²) in [5, 5.41) is 0.443. The molecule has 1 amide bonds. The lowest BCUT2D eigenvalue weighted by Crippen LogP contribution is -2.29. The molecule has 0 fully saturated rings. The standard InChI is InChI=1S/C30H29NO6/c1-4-16-36-24-15-12-20(17-25(24)35-5-2)27-26-28(32)22-8-6-7-9-23(22)37-29(26)30(33)31(27)18-19-10-13-21(34-3)14-11-19/h6-15,17,27H,4-5,16,18H2,1-3H3. The second-order valence-corrected chi connectivity index (χ2v) is 8.84. The number of carbonyl (C=O) groups is 1. The van der Waals surface area contributed by atoms with Gasteiger partial charge < -0.3 is 23.5 Å². The van der Waals surface area contributed by atoms with Crippen LogP contribution in [0.15, 0.2) is 75.9 Å². The predicted octanol–water partition coefficient (Wildman–Crippen LogP) is 5.73. The first-order valence-electron chi connectivity index (χ1n) is 12.4. The Morgan fingerprint density at radius 2 is 1.70 bits per heavy atom. The van der Waals surface area contributed by atoms with Gasteiger partial charge in [-0.1, -0.05) is 37.3 Å². The van der Waals surface area contributed by atoms with Gasteiger partial charge >= 0.3 is 0 Å². The average Bonchev–Trinajstić information content (AvgIpc) is 3.20. The van der Waals surface area contributed by atoms with Crippen molar-refractivity contribution in [2.24, 2.45) is 0 Å². The van der Waals surface area contributed by atoms with Gasteiger partial charge in [0.1, 0.15) is 11.3 Å². The van der Waals surface area contributed by atoms with Crippen molar-refractivity contribution in [3.63, 3.8) is 0 Å². The van der Waals surface area contributed by atoms with E-state index in [1.807, 2.05) is 56.3 Å². The molecule has 190 valence electrons. The third-order valence-electron chi connectivity index (χ3n) is 6.43. The molecule has 37 heavy (non-hydrogen) atoms. The topological polar surface area (TPSA) is 78.2 Å². The van der Waals surface area contributed by atoms with Crippen LogP contribution in [0.4, 0.5) is 0 Å². The van der Waals surface area contributed by atoms with E-state index in [1.165, 1.54) is 0 Å². The van der Waals surface area contributed by atoms with Crippen LogP contribution in [0.3, 0.4) is 0 Å². The van der Waals surface area contributed by atoms with Gasteiger partial charge in [0.25, 0.3) is 5.91 Å². The SMILES string of the molecule is CCCOc1ccc(C2c3c(oc4ccccc4c3=O)C(=O)N2Cc2ccc(OC)cc2)cc1OCC. The normalized spacial score (nSPS) is 14.6. The van der Waals surface area contributed by atoms with Crippen molar-refractivity contribution in [2.45, 2.75) is 32.9 Å².